The molecule has 0 aliphatic carbocycles. The Hall–Kier alpha value is -5.00. The number of nitrogens with one attached hydrogen (secondary N) is 3. The van der Waals surface area contributed by atoms with Gasteiger partial charge in [-0.3, -0.25) is 24.8 Å². The van der Waals surface area contributed by atoms with Crippen LogP contribution in [0.2, 0.25) is 0 Å². The van der Waals surface area contributed by atoms with E-state index < -0.39 is 5.82 Å². The third kappa shape index (κ3) is 3.88. The number of aromatic amines is 2. The lowest BCUT2D eigenvalue weighted by Crippen LogP contribution is -2.17. The van der Waals surface area contributed by atoms with E-state index in [4.69, 9.17) is 4.98 Å². The molecule has 6 rings (SSSR count). The van der Waals surface area contributed by atoms with Crippen molar-refractivity contribution in [3.63, 3.8) is 0 Å². The summed E-state index contributed by atoms with van der Waals surface area (Å²) in [7, 11) is 0. The van der Waals surface area contributed by atoms with Gasteiger partial charge in [-0.15, -0.1) is 0 Å². The van der Waals surface area contributed by atoms with Crippen LogP contribution < -0.4 is 5.32 Å². The zero-order chi connectivity index (χ0) is 25.7. The Morgan fingerprint density at radius 1 is 1.05 bits per heavy atom. The quantitative estimate of drug-likeness (QED) is 0.325. The van der Waals surface area contributed by atoms with Crippen molar-refractivity contribution in [3.05, 3.63) is 61.1 Å². The van der Waals surface area contributed by atoms with Crippen molar-refractivity contribution < 1.29 is 9.18 Å². The van der Waals surface area contributed by atoms with Crippen LogP contribution in [-0.4, -0.2) is 50.6 Å². The third-order valence-corrected chi connectivity index (χ3v) is 5.94. The summed E-state index contributed by atoms with van der Waals surface area (Å²) in [5.74, 6) is -0.580. The van der Waals surface area contributed by atoms with Gasteiger partial charge in [-0.25, -0.2) is 14.4 Å². The predicted molar refractivity (Wildman–Crippen MR) is 135 cm³/mol. The summed E-state index contributed by atoms with van der Waals surface area (Å²) in [5.41, 5.74) is 4.57. The summed E-state index contributed by atoms with van der Waals surface area (Å²) in [6, 6.07) is 1.64. The molecule has 0 spiro atoms. The van der Waals surface area contributed by atoms with Crippen molar-refractivity contribution in [2.45, 2.75) is 20.8 Å². The standard InChI is InChI=1S/C25H21FN10O/c1-12(2)25(37)31-15-4-14(5-27-6-15)21-20(26)19-16(8-29-21)34-35-23(19)24-32-17-7-28-9-18(22(17)33-24)36-10-13(3)30-11-36/h4-12H,1-3H3,(H,31,37)(H,32,33)(H,34,35). The lowest BCUT2D eigenvalue weighted by Gasteiger charge is -2.09. The maximum atomic E-state index is 16.0. The summed E-state index contributed by atoms with van der Waals surface area (Å²) in [5, 5.41) is 10.2. The van der Waals surface area contributed by atoms with Gasteiger partial charge < -0.3 is 14.9 Å². The number of hydrogen-bond donors (Lipinski definition) is 3. The van der Waals surface area contributed by atoms with Gasteiger partial charge in [0.25, 0.3) is 0 Å². The van der Waals surface area contributed by atoms with E-state index in [0.717, 1.165) is 11.4 Å². The zero-order valence-electron chi connectivity index (χ0n) is 20.1. The molecule has 3 N–H and O–H groups in total. The largest absolute Gasteiger partial charge is 0.335 e. The highest BCUT2D eigenvalue weighted by Gasteiger charge is 2.22. The molecule has 0 aliphatic rings. The Labute approximate surface area is 209 Å². The number of nitrogens with zero attached hydrogens (tertiary/aromatic N) is 7. The number of carbonyl (C=O) groups is 1. The fraction of sp³-hybridized carbons (Fsp3) is 0.160. The van der Waals surface area contributed by atoms with Gasteiger partial charge in [-0.05, 0) is 13.0 Å². The number of rotatable bonds is 5. The summed E-state index contributed by atoms with van der Waals surface area (Å²) < 4.78 is 17.8. The molecule has 0 bridgehead atoms. The number of aryl methyl sites for hydroxylation is 1. The summed E-state index contributed by atoms with van der Waals surface area (Å²) in [6.45, 7) is 5.47. The molecule has 1 amide bonds. The van der Waals surface area contributed by atoms with Crippen molar-refractivity contribution in [3.8, 4) is 28.5 Å². The smallest absolute Gasteiger partial charge is 0.226 e. The van der Waals surface area contributed by atoms with Crippen molar-refractivity contribution >= 4 is 33.5 Å². The molecule has 0 saturated heterocycles. The first-order valence-corrected chi connectivity index (χ1v) is 11.5. The van der Waals surface area contributed by atoms with Crippen LogP contribution >= 0.6 is 0 Å². The molecule has 0 aromatic carbocycles. The second kappa shape index (κ2) is 8.59. The van der Waals surface area contributed by atoms with Gasteiger partial charge >= 0.3 is 0 Å². The van der Waals surface area contributed by atoms with Crippen LogP contribution in [0.4, 0.5) is 10.1 Å². The highest BCUT2D eigenvalue weighted by molar-refractivity contribution is 5.96. The monoisotopic (exact) mass is 496 g/mol. The minimum Gasteiger partial charge on any atom is -0.335 e. The molecular weight excluding hydrogens is 475 g/mol. The van der Waals surface area contributed by atoms with Crippen molar-refractivity contribution in [1.82, 2.24) is 44.7 Å². The maximum Gasteiger partial charge on any atom is 0.226 e. The van der Waals surface area contributed by atoms with Crippen LogP contribution in [0.3, 0.4) is 0 Å². The normalized spacial score (nSPS) is 11.6. The van der Waals surface area contributed by atoms with Crippen molar-refractivity contribution in [2.24, 2.45) is 5.92 Å². The molecule has 0 radical (unpaired) electrons. The highest BCUT2D eigenvalue weighted by Crippen LogP contribution is 2.33. The number of aromatic nitrogens is 9. The molecule has 0 unspecified atom stereocenters. The number of halogens is 1. The van der Waals surface area contributed by atoms with Gasteiger partial charge in [-0.2, -0.15) is 5.10 Å². The maximum absolute atomic E-state index is 16.0. The van der Waals surface area contributed by atoms with E-state index in [1.54, 1.807) is 38.6 Å². The third-order valence-electron chi connectivity index (χ3n) is 5.94. The number of pyridine rings is 3. The second-order valence-corrected chi connectivity index (χ2v) is 8.95. The summed E-state index contributed by atoms with van der Waals surface area (Å²) >= 11 is 0. The van der Waals surface area contributed by atoms with Crippen LogP contribution in [-0.2, 0) is 4.79 Å². The lowest BCUT2D eigenvalue weighted by atomic mass is 10.1. The Kier molecular flexibility index (Phi) is 5.21. The van der Waals surface area contributed by atoms with Crippen LogP contribution in [0.1, 0.15) is 19.5 Å². The van der Waals surface area contributed by atoms with Crippen LogP contribution in [0, 0.1) is 18.7 Å². The molecule has 6 aromatic heterocycles. The Morgan fingerprint density at radius 2 is 1.89 bits per heavy atom. The molecule has 12 heteroatoms. The van der Waals surface area contributed by atoms with Crippen LogP contribution in [0.25, 0.3) is 50.4 Å². The molecule has 0 aliphatic heterocycles. The van der Waals surface area contributed by atoms with Crippen LogP contribution in [0.15, 0.2) is 49.6 Å². The molecule has 184 valence electrons. The first-order valence-electron chi connectivity index (χ1n) is 11.5. The van der Waals surface area contributed by atoms with Crippen LogP contribution in [0.5, 0.6) is 0 Å². The number of fused-ring (bicyclic) bond motifs is 2. The van der Waals surface area contributed by atoms with Crippen molar-refractivity contribution in [2.75, 3.05) is 5.32 Å². The van der Waals surface area contributed by atoms with E-state index in [-0.39, 0.29) is 22.9 Å². The number of amides is 1. The number of anilines is 1. The summed E-state index contributed by atoms with van der Waals surface area (Å²) in [4.78, 5) is 37.0. The summed E-state index contributed by atoms with van der Waals surface area (Å²) in [6.07, 6.45) is 11.4. The van der Waals surface area contributed by atoms with E-state index in [2.05, 4.69) is 40.4 Å². The Bertz CT molecular complexity index is 1800. The van der Waals surface area contributed by atoms with Gasteiger partial charge in [0.15, 0.2) is 11.6 Å². The molecule has 0 saturated carbocycles. The zero-order valence-corrected chi connectivity index (χ0v) is 20.1. The minimum atomic E-state index is -0.584. The number of carbonyl (C=O) groups excluding carboxylic acids is 1. The Balaban J connectivity index is 1.45. The Morgan fingerprint density at radius 3 is 2.68 bits per heavy atom. The molecular formula is C25H21FN10O. The minimum absolute atomic E-state index is 0.0793. The lowest BCUT2D eigenvalue weighted by molar-refractivity contribution is -0.118. The van der Waals surface area contributed by atoms with E-state index in [1.807, 2.05) is 17.7 Å². The topological polar surface area (TPSA) is 143 Å². The fourth-order valence-electron chi connectivity index (χ4n) is 4.05. The van der Waals surface area contributed by atoms with Gasteiger partial charge in [0.2, 0.25) is 5.91 Å². The highest BCUT2D eigenvalue weighted by atomic mass is 19.1. The fourth-order valence-corrected chi connectivity index (χ4v) is 4.05. The average molecular weight is 497 g/mol. The van der Waals surface area contributed by atoms with Gasteiger partial charge in [0.1, 0.15) is 16.9 Å². The van der Waals surface area contributed by atoms with Crippen molar-refractivity contribution in [1.29, 1.82) is 0 Å². The number of hydrogen-bond acceptors (Lipinski definition) is 7. The van der Waals surface area contributed by atoms with Gasteiger partial charge in [-0.1, -0.05) is 13.8 Å². The first-order chi connectivity index (χ1) is 17.9. The van der Waals surface area contributed by atoms with Gasteiger partial charge in [0, 0.05) is 23.9 Å². The van der Waals surface area contributed by atoms with Gasteiger partial charge in [0.05, 0.1) is 64.6 Å². The first kappa shape index (κ1) is 22.5. The average Bonchev–Trinajstić information content (AvgIpc) is 3.62. The van der Waals surface area contributed by atoms with E-state index in [9.17, 15) is 4.79 Å². The molecule has 6 heterocycles. The molecule has 0 fully saturated rings. The second-order valence-electron chi connectivity index (χ2n) is 8.95. The SMILES string of the molecule is Cc1cn(-c2cncc3[nH]c(-c4n[nH]c5cnc(-c6cncc(NC(=O)C(C)C)c6)c(F)c45)nc23)cn1. The molecule has 0 atom stereocenters. The molecule has 6 aromatic rings. The molecule has 11 nitrogen and oxygen atoms in total. The van der Waals surface area contributed by atoms with E-state index in [0.29, 0.717) is 39.3 Å². The molecule has 37 heavy (non-hydrogen) atoms. The number of H-pyrrole nitrogens is 2. The number of imidazole rings is 2. The predicted octanol–water partition coefficient (Wildman–Crippen LogP) is 4.19. The van der Waals surface area contributed by atoms with E-state index >= 15 is 4.39 Å². The van der Waals surface area contributed by atoms with E-state index in [1.165, 1.54) is 18.6 Å².